The van der Waals surface area contributed by atoms with Gasteiger partial charge in [-0.1, -0.05) is 12.1 Å². The molecule has 2 aromatic rings. The van der Waals surface area contributed by atoms with Crippen LogP contribution in [0.1, 0.15) is 23.6 Å². The van der Waals surface area contributed by atoms with Gasteiger partial charge in [0.1, 0.15) is 23.6 Å². The first-order valence-electron chi connectivity index (χ1n) is 12.9. The van der Waals surface area contributed by atoms with Crippen LogP contribution in [0.3, 0.4) is 0 Å². The summed E-state index contributed by atoms with van der Waals surface area (Å²) < 4.78 is 16.1. The molecule has 0 fully saturated rings. The lowest BCUT2D eigenvalue weighted by atomic mass is 9.94. The SMILES string of the molecule is COC(=O)C1Cc2ccc(OC)c(c2)-c2cc(ccc2OC)C(N(C)C(=O)CNC(=O)CCN)C(=O)NCC(=O)N1. The zero-order chi connectivity index (χ0) is 30.1. The molecule has 2 aromatic carbocycles. The van der Waals surface area contributed by atoms with Gasteiger partial charge in [0.15, 0.2) is 0 Å². The summed E-state index contributed by atoms with van der Waals surface area (Å²) in [5.74, 6) is -1.94. The molecule has 13 nitrogen and oxygen atoms in total. The van der Waals surface area contributed by atoms with E-state index >= 15 is 0 Å². The number of hydrogen-bond acceptors (Lipinski definition) is 9. The number of benzene rings is 2. The van der Waals surface area contributed by atoms with Gasteiger partial charge in [0.05, 0.1) is 34.4 Å². The molecule has 2 unspecified atom stereocenters. The van der Waals surface area contributed by atoms with E-state index in [1.807, 2.05) is 0 Å². The third-order valence-electron chi connectivity index (χ3n) is 6.61. The number of ether oxygens (including phenoxy) is 3. The number of nitrogens with zero attached hydrogens (tertiary/aromatic N) is 1. The Morgan fingerprint density at radius 1 is 1.02 bits per heavy atom. The van der Waals surface area contributed by atoms with Crippen LogP contribution in [0.4, 0.5) is 0 Å². The number of methoxy groups -OCH3 is 3. The quantitative estimate of drug-likeness (QED) is 0.310. The van der Waals surface area contributed by atoms with Crippen molar-refractivity contribution in [1.29, 1.82) is 0 Å². The molecule has 4 amide bonds. The summed E-state index contributed by atoms with van der Waals surface area (Å²) in [6.07, 6.45) is 0.159. The highest BCUT2D eigenvalue weighted by molar-refractivity contribution is 5.94. The molecule has 220 valence electrons. The van der Waals surface area contributed by atoms with Crippen molar-refractivity contribution < 1.29 is 38.2 Å². The topological polar surface area (TPSA) is 178 Å². The lowest BCUT2D eigenvalue weighted by Gasteiger charge is -2.29. The van der Waals surface area contributed by atoms with Crippen LogP contribution in [0.25, 0.3) is 11.1 Å². The maximum Gasteiger partial charge on any atom is 0.328 e. The standard InChI is InChI=1S/C28H35N5O8/c1-33(25(36)15-30-23(34)9-10-29)26-17-6-8-22(40-3)19(13-17)18-11-16(5-7-21(18)39-2)12-20(28(38)41-4)32-24(35)14-31-27(26)37/h5-8,11,13,20,26H,9-10,12,14-15,29H2,1-4H3,(H,30,34)(H,31,37)(H,32,35). The molecular weight excluding hydrogens is 534 g/mol. The number of carbonyl (C=O) groups is 5. The molecule has 4 bridgehead atoms. The Morgan fingerprint density at radius 2 is 1.68 bits per heavy atom. The van der Waals surface area contributed by atoms with Crippen LogP contribution in [0.5, 0.6) is 11.5 Å². The van der Waals surface area contributed by atoms with Gasteiger partial charge in [-0.15, -0.1) is 0 Å². The smallest absolute Gasteiger partial charge is 0.328 e. The van der Waals surface area contributed by atoms with E-state index in [-0.39, 0.29) is 25.9 Å². The van der Waals surface area contributed by atoms with E-state index in [0.717, 1.165) is 0 Å². The number of esters is 1. The third-order valence-corrected chi connectivity index (χ3v) is 6.61. The Bertz CT molecular complexity index is 1310. The number of likely N-dealkylation sites (N-methyl/N-ethyl adjacent to an activating group) is 1. The van der Waals surface area contributed by atoms with Crippen molar-refractivity contribution in [2.75, 3.05) is 48.0 Å². The van der Waals surface area contributed by atoms with Crippen molar-refractivity contribution in [3.63, 3.8) is 0 Å². The van der Waals surface area contributed by atoms with E-state index in [4.69, 9.17) is 19.9 Å². The highest BCUT2D eigenvalue weighted by atomic mass is 16.5. The summed E-state index contributed by atoms with van der Waals surface area (Å²) in [5, 5.41) is 7.63. The average molecular weight is 570 g/mol. The van der Waals surface area contributed by atoms with E-state index in [0.29, 0.717) is 33.8 Å². The van der Waals surface area contributed by atoms with Crippen molar-refractivity contribution in [1.82, 2.24) is 20.9 Å². The highest BCUT2D eigenvalue weighted by Crippen LogP contribution is 2.39. The minimum atomic E-state index is -1.19. The minimum Gasteiger partial charge on any atom is -0.496 e. The lowest BCUT2D eigenvalue weighted by molar-refractivity contribution is -0.145. The Kier molecular flexibility index (Phi) is 10.6. The highest BCUT2D eigenvalue weighted by Gasteiger charge is 2.31. The summed E-state index contributed by atoms with van der Waals surface area (Å²) in [4.78, 5) is 64.9. The Balaban J connectivity index is 2.15. The van der Waals surface area contributed by atoms with Crippen molar-refractivity contribution >= 4 is 29.6 Å². The van der Waals surface area contributed by atoms with E-state index < -0.39 is 48.2 Å². The summed E-state index contributed by atoms with van der Waals surface area (Å²) in [7, 11) is 5.64. The predicted molar refractivity (Wildman–Crippen MR) is 148 cm³/mol. The summed E-state index contributed by atoms with van der Waals surface area (Å²) in [6.45, 7) is -0.701. The van der Waals surface area contributed by atoms with E-state index in [2.05, 4.69) is 16.0 Å². The van der Waals surface area contributed by atoms with Crippen LogP contribution < -0.4 is 31.2 Å². The van der Waals surface area contributed by atoms with E-state index in [9.17, 15) is 24.0 Å². The number of nitrogens with one attached hydrogen (secondary N) is 3. The van der Waals surface area contributed by atoms with E-state index in [1.54, 1.807) is 36.4 Å². The fourth-order valence-corrected chi connectivity index (χ4v) is 4.49. The second-order valence-electron chi connectivity index (χ2n) is 9.28. The normalized spacial score (nSPS) is 16.8. The molecular formula is C28H35N5O8. The van der Waals surface area contributed by atoms with Gasteiger partial charge in [-0.05, 0) is 35.4 Å². The van der Waals surface area contributed by atoms with Crippen LogP contribution in [0, 0.1) is 0 Å². The third kappa shape index (κ3) is 7.51. The van der Waals surface area contributed by atoms with E-state index in [1.165, 1.54) is 33.3 Å². The molecule has 5 N–H and O–H groups in total. The van der Waals surface area contributed by atoms with Crippen molar-refractivity contribution in [2.24, 2.45) is 5.73 Å². The molecule has 1 heterocycles. The second kappa shape index (κ2) is 14.1. The zero-order valence-electron chi connectivity index (χ0n) is 23.4. The number of hydrogen-bond donors (Lipinski definition) is 4. The van der Waals surface area contributed by atoms with Gasteiger partial charge in [0, 0.05) is 37.6 Å². The van der Waals surface area contributed by atoms with Crippen LogP contribution >= 0.6 is 0 Å². The van der Waals surface area contributed by atoms with Crippen LogP contribution in [0.15, 0.2) is 36.4 Å². The first-order chi connectivity index (χ1) is 19.6. The van der Waals surface area contributed by atoms with Gasteiger partial charge in [-0.25, -0.2) is 4.79 Å². The largest absolute Gasteiger partial charge is 0.496 e. The molecule has 0 saturated carbocycles. The fraction of sp³-hybridized carbons (Fsp3) is 0.393. The molecule has 0 radical (unpaired) electrons. The number of carbonyl (C=O) groups excluding carboxylic acids is 5. The molecule has 13 heteroatoms. The lowest BCUT2D eigenvalue weighted by Crippen LogP contribution is -2.49. The molecule has 0 spiro atoms. The average Bonchev–Trinajstić information content (AvgIpc) is 2.97. The second-order valence-corrected chi connectivity index (χ2v) is 9.28. The Morgan fingerprint density at radius 3 is 2.32 bits per heavy atom. The van der Waals surface area contributed by atoms with Crippen LogP contribution in [-0.2, 0) is 35.1 Å². The van der Waals surface area contributed by atoms with Gasteiger partial charge >= 0.3 is 5.97 Å². The molecule has 2 atom stereocenters. The first kappa shape index (κ1) is 30.9. The Hall–Kier alpha value is -4.65. The molecule has 0 aliphatic carbocycles. The number of fused-ring (bicyclic) bond motifs is 5. The summed E-state index contributed by atoms with van der Waals surface area (Å²) in [5.41, 5.74) is 7.67. The summed E-state index contributed by atoms with van der Waals surface area (Å²) >= 11 is 0. The molecule has 0 saturated heterocycles. The summed E-state index contributed by atoms with van der Waals surface area (Å²) in [6, 6.07) is 8.06. The zero-order valence-corrected chi connectivity index (χ0v) is 23.4. The van der Waals surface area contributed by atoms with Gasteiger partial charge in [-0.3, -0.25) is 19.2 Å². The van der Waals surface area contributed by atoms with Crippen molar-refractivity contribution in [3.8, 4) is 22.6 Å². The Labute approximate surface area is 237 Å². The molecule has 0 aromatic heterocycles. The molecule has 3 rings (SSSR count). The van der Waals surface area contributed by atoms with Gasteiger partial charge in [0.2, 0.25) is 23.6 Å². The molecule has 1 aliphatic rings. The number of nitrogens with two attached hydrogens (primary N) is 1. The van der Waals surface area contributed by atoms with Crippen molar-refractivity contribution in [3.05, 3.63) is 47.5 Å². The van der Waals surface area contributed by atoms with Gasteiger partial charge in [-0.2, -0.15) is 0 Å². The van der Waals surface area contributed by atoms with Gasteiger partial charge in [0.25, 0.3) is 0 Å². The van der Waals surface area contributed by atoms with Crippen LogP contribution in [-0.4, -0.2) is 88.6 Å². The van der Waals surface area contributed by atoms with Crippen molar-refractivity contribution in [2.45, 2.75) is 24.9 Å². The fourth-order valence-electron chi connectivity index (χ4n) is 4.49. The number of rotatable bonds is 8. The monoisotopic (exact) mass is 569 g/mol. The van der Waals surface area contributed by atoms with Crippen LogP contribution in [0.2, 0.25) is 0 Å². The first-order valence-corrected chi connectivity index (χ1v) is 12.9. The minimum absolute atomic E-state index is 0.0469. The van der Waals surface area contributed by atoms with Gasteiger partial charge < -0.3 is 40.8 Å². The molecule has 1 aliphatic heterocycles. The number of amides is 4. The predicted octanol–water partition coefficient (Wildman–Crippen LogP) is -0.335. The maximum atomic E-state index is 13.5. The maximum absolute atomic E-state index is 13.5. The molecule has 41 heavy (non-hydrogen) atoms.